The SMILES string of the molecule is CCC(NCCc1cccnc1)C(N)=NO. The predicted octanol–water partition coefficient (Wildman–Crippen LogP) is 0.739. The first kappa shape index (κ1) is 12.4. The molecule has 0 fully saturated rings. The van der Waals surface area contributed by atoms with Gasteiger partial charge in [-0.25, -0.2) is 0 Å². The Balaban J connectivity index is 2.34. The monoisotopic (exact) mass is 222 g/mol. The Bertz CT molecular complexity index is 326. The molecule has 0 bridgehead atoms. The van der Waals surface area contributed by atoms with Crippen molar-refractivity contribution in [1.82, 2.24) is 10.3 Å². The standard InChI is InChI=1S/C11H18N4O/c1-2-10(11(12)15-16)14-7-5-9-4-3-6-13-8-9/h3-4,6,8,10,14,16H,2,5,7H2,1H3,(H2,12,15). The highest BCUT2D eigenvalue weighted by molar-refractivity contribution is 5.85. The molecule has 0 aliphatic rings. The number of nitrogens with one attached hydrogen (secondary N) is 1. The van der Waals surface area contributed by atoms with Gasteiger partial charge < -0.3 is 16.3 Å². The molecule has 0 aromatic carbocycles. The number of aromatic nitrogens is 1. The number of nitrogens with zero attached hydrogens (tertiary/aromatic N) is 2. The van der Waals surface area contributed by atoms with Crippen LogP contribution in [-0.2, 0) is 6.42 Å². The number of rotatable bonds is 6. The molecule has 4 N–H and O–H groups in total. The number of pyridine rings is 1. The van der Waals surface area contributed by atoms with E-state index in [9.17, 15) is 0 Å². The van der Waals surface area contributed by atoms with Gasteiger partial charge in [-0.2, -0.15) is 0 Å². The van der Waals surface area contributed by atoms with Gasteiger partial charge in [-0.05, 0) is 31.0 Å². The van der Waals surface area contributed by atoms with Crippen LogP contribution in [0.15, 0.2) is 29.7 Å². The number of hydrogen-bond acceptors (Lipinski definition) is 4. The second kappa shape index (κ2) is 6.79. The van der Waals surface area contributed by atoms with E-state index >= 15 is 0 Å². The zero-order valence-corrected chi connectivity index (χ0v) is 9.43. The van der Waals surface area contributed by atoms with E-state index in [1.807, 2.05) is 25.3 Å². The summed E-state index contributed by atoms with van der Waals surface area (Å²) in [5.74, 6) is 0.230. The Morgan fingerprint density at radius 2 is 2.50 bits per heavy atom. The first-order chi connectivity index (χ1) is 7.77. The van der Waals surface area contributed by atoms with Gasteiger partial charge in [0.05, 0.1) is 6.04 Å². The highest BCUT2D eigenvalue weighted by Gasteiger charge is 2.09. The van der Waals surface area contributed by atoms with E-state index in [4.69, 9.17) is 10.9 Å². The maximum Gasteiger partial charge on any atom is 0.156 e. The molecule has 1 atom stereocenters. The zero-order valence-electron chi connectivity index (χ0n) is 9.43. The van der Waals surface area contributed by atoms with Crippen LogP contribution in [0.25, 0.3) is 0 Å². The molecule has 0 saturated carbocycles. The molecular weight excluding hydrogens is 204 g/mol. The maximum absolute atomic E-state index is 8.57. The van der Waals surface area contributed by atoms with Crippen molar-refractivity contribution in [2.45, 2.75) is 25.8 Å². The van der Waals surface area contributed by atoms with Crippen LogP contribution in [0.2, 0.25) is 0 Å². The van der Waals surface area contributed by atoms with Gasteiger partial charge in [0.25, 0.3) is 0 Å². The van der Waals surface area contributed by atoms with E-state index in [1.165, 1.54) is 5.56 Å². The molecule has 5 nitrogen and oxygen atoms in total. The average Bonchev–Trinajstić information content (AvgIpc) is 2.35. The Labute approximate surface area is 95.4 Å². The summed E-state index contributed by atoms with van der Waals surface area (Å²) < 4.78 is 0. The lowest BCUT2D eigenvalue weighted by atomic mass is 10.1. The van der Waals surface area contributed by atoms with Crippen LogP contribution in [0.5, 0.6) is 0 Å². The van der Waals surface area contributed by atoms with Crippen molar-refractivity contribution >= 4 is 5.84 Å². The van der Waals surface area contributed by atoms with Crippen molar-refractivity contribution in [2.24, 2.45) is 10.9 Å². The third-order valence-corrected chi connectivity index (χ3v) is 2.41. The van der Waals surface area contributed by atoms with Crippen LogP contribution in [0.1, 0.15) is 18.9 Å². The Hall–Kier alpha value is -1.62. The van der Waals surface area contributed by atoms with E-state index in [1.54, 1.807) is 6.20 Å². The fourth-order valence-electron chi connectivity index (χ4n) is 1.46. The lowest BCUT2D eigenvalue weighted by Gasteiger charge is -2.14. The van der Waals surface area contributed by atoms with Gasteiger partial charge in [0, 0.05) is 12.4 Å². The summed E-state index contributed by atoms with van der Waals surface area (Å²) in [4.78, 5) is 4.04. The minimum Gasteiger partial charge on any atom is -0.409 e. The van der Waals surface area contributed by atoms with Crippen molar-refractivity contribution in [3.8, 4) is 0 Å². The van der Waals surface area contributed by atoms with E-state index in [-0.39, 0.29) is 11.9 Å². The molecule has 5 heteroatoms. The van der Waals surface area contributed by atoms with Crippen molar-refractivity contribution in [2.75, 3.05) is 6.54 Å². The molecule has 0 aliphatic carbocycles. The molecule has 0 aliphatic heterocycles. The number of hydrogen-bond donors (Lipinski definition) is 3. The molecule has 0 amide bonds. The molecule has 0 radical (unpaired) electrons. The first-order valence-electron chi connectivity index (χ1n) is 5.37. The van der Waals surface area contributed by atoms with Crippen LogP contribution in [0.4, 0.5) is 0 Å². The second-order valence-corrected chi connectivity index (χ2v) is 3.55. The van der Waals surface area contributed by atoms with Crippen molar-refractivity contribution in [3.63, 3.8) is 0 Å². The lowest BCUT2D eigenvalue weighted by Crippen LogP contribution is -2.41. The summed E-state index contributed by atoms with van der Waals surface area (Å²) in [6.45, 7) is 2.76. The molecule has 16 heavy (non-hydrogen) atoms. The first-order valence-corrected chi connectivity index (χ1v) is 5.37. The van der Waals surface area contributed by atoms with Gasteiger partial charge in [0.15, 0.2) is 5.84 Å². The summed E-state index contributed by atoms with van der Waals surface area (Å²) >= 11 is 0. The fourth-order valence-corrected chi connectivity index (χ4v) is 1.46. The highest BCUT2D eigenvalue weighted by atomic mass is 16.4. The average molecular weight is 222 g/mol. The molecule has 1 aromatic rings. The Morgan fingerprint density at radius 1 is 1.69 bits per heavy atom. The predicted molar refractivity (Wildman–Crippen MR) is 63.4 cm³/mol. The normalized spacial score (nSPS) is 13.7. The second-order valence-electron chi connectivity index (χ2n) is 3.55. The summed E-state index contributed by atoms with van der Waals surface area (Å²) in [5.41, 5.74) is 6.70. The van der Waals surface area contributed by atoms with Gasteiger partial charge in [-0.15, -0.1) is 0 Å². The summed E-state index contributed by atoms with van der Waals surface area (Å²) in [6, 6.07) is 3.87. The minimum absolute atomic E-state index is 0.0679. The third-order valence-electron chi connectivity index (χ3n) is 2.41. The van der Waals surface area contributed by atoms with Gasteiger partial charge in [-0.3, -0.25) is 4.98 Å². The van der Waals surface area contributed by atoms with Crippen LogP contribution in [0.3, 0.4) is 0 Å². The van der Waals surface area contributed by atoms with Crippen LogP contribution >= 0.6 is 0 Å². The van der Waals surface area contributed by atoms with Crippen molar-refractivity contribution < 1.29 is 5.21 Å². The van der Waals surface area contributed by atoms with E-state index in [2.05, 4.69) is 15.5 Å². The summed E-state index contributed by atoms with van der Waals surface area (Å²) in [7, 11) is 0. The molecule has 0 spiro atoms. The molecule has 1 aromatic heterocycles. The molecule has 1 heterocycles. The molecule has 0 saturated heterocycles. The molecule has 88 valence electrons. The topological polar surface area (TPSA) is 83.5 Å². The summed E-state index contributed by atoms with van der Waals surface area (Å²) in [5, 5.41) is 14.8. The van der Waals surface area contributed by atoms with Crippen LogP contribution in [-0.4, -0.2) is 28.6 Å². The van der Waals surface area contributed by atoms with Crippen LogP contribution in [0, 0.1) is 0 Å². The van der Waals surface area contributed by atoms with E-state index < -0.39 is 0 Å². The number of amidine groups is 1. The van der Waals surface area contributed by atoms with Gasteiger partial charge in [0.2, 0.25) is 0 Å². The van der Waals surface area contributed by atoms with E-state index in [0.717, 1.165) is 19.4 Å². The van der Waals surface area contributed by atoms with Gasteiger partial charge in [0.1, 0.15) is 0 Å². The third kappa shape index (κ3) is 3.86. The Kier molecular flexibility index (Phi) is 5.28. The van der Waals surface area contributed by atoms with Crippen LogP contribution < -0.4 is 11.1 Å². The summed E-state index contributed by atoms with van der Waals surface area (Å²) in [6.07, 6.45) is 5.26. The Morgan fingerprint density at radius 3 is 3.06 bits per heavy atom. The van der Waals surface area contributed by atoms with Crippen molar-refractivity contribution in [3.05, 3.63) is 30.1 Å². The molecule has 1 unspecified atom stereocenters. The lowest BCUT2D eigenvalue weighted by molar-refractivity contribution is 0.314. The maximum atomic E-state index is 8.57. The molecule has 1 rings (SSSR count). The fraction of sp³-hybridized carbons (Fsp3) is 0.455. The molecular formula is C11H18N4O. The zero-order chi connectivity index (χ0) is 11.8. The quantitative estimate of drug-likeness (QED) is 0.287. The smallest absolute Gasteiger partial charge is 0.156 e. The van der Waals surface area contributed by atoms with Gasteiger partial charge >= 0.3 is 0 Å². The van der Waals surface area contributed by atoms with Crippen molar-refractivity contribution in [1.29, 1.82) is 0 Å². The number of oxime groups is 1. The van der Waals surface area contributed by atoms with Gasteiger partial charge in [-0.1, -0.05) is 18.1 Å². The minimum atomic E-state index is -0.0679. The number of nitrogens with two attached hydrogens (primary N) is 1. The largest absolute Gasteiger partial charge is 0.409 e. The highest BCUT2D eigenvalue weighted by Crippen LogP contribution is 1.97. The van der Waals surface area contributed by atoms with E-state index in [0.29, 0.717) is 0 Å².